The summed E-state index contributed by atoms with van der Waals surface area (Å²) in [5.74, 6) is 1.25. The van der Waals surface area contributed by atoms with Crippen LogP contribution in [0.4, 0.5) is 4.39 Å². The number of benzene rings is 6. The lowest BCUT2D eigenvalue weighted by Gasteiger charge is -2.24. The molecule has 0 amide bonds. The van der Waals surface area contributed by atoms with Crippen molar-refractivity contribution in [3.05, 3.63) is 138 Å². The van der Waals surface area contributed by atoms with Gasteiger partial charge in [-0.25, -0.2) is 9.37 Å². The number of hydrogen-bond donors (Lipinski definition) is 0. The summed E-state index contributed by atoms with van der Waals surface area (Å²) in [5.41, 5.74) is 12.4. The third-order valence-electron chi connectivity index (χ3n) is 10.2. The molecule has 2 aromatic heterocycles. The second-order valence-electron chi connectivity index (χ2n) is 15.4. The van der Waals surface area contributed by atoms with Gasteiger partial charge in [0.25, 0.3) is 0 Å². The van der Waals surface area contributed by atoms with Gasteiger partial charge < -0.3 is 4.42 Å². The van der Waals surface area contributed by atoms with Gasteiger partial charge in [-0.2, -0.15) is 0 Å². The zero-order valence-electron chi connectivity index (χ0n) is 30.4. The first kappa shape index (κ1) is 32.9. The maximum Gasteiger partial charge on any atom is 0.149 e. The first-order valence-electron chi connectivity index (χ1n) is 18.0. The minimum absolute atomic E-state index is 0.129. The number of aromatic nitrogens is 2. The fourth-order valence-corrected chi connectivity index (χ4v) is 8.88. The zero-order valence-corrected chi connectivity index (χ0v) is 31.4. The van der Waals surface area contributed by atoms with Crippen molar-refractivity contribution >= 4 is 46.2 Å². The van der Waals surface area contributed by atoms with Crippen LogP contribution in [0.2, 0.25) is 19.6 Å². The van der Waals surface area contributed by atoms with E-state index in [9.17, 15) is 0 Å². The summed E-state index contributed by atoms with van der Waals surface area (Å²) in [6, 6.07) is 42.0. The first-order chi connectivity index (χ1) is 24.5. The van der Waals surface area contributed by atoms with Gasteiger partial charge in [0.15, 0.2) is 0 Å². The molecule has 0 spiro atoms. The van der Waals surface area contributed by atoms with Gasteiger partial charge in [0.05, 0.1) is 30.4 Å². The number of nitrogens with zero attached hydrogens (tertiary/aromatic N) is 2. The molecule has 0 saturated heterocycles. The molecule has 6 aromatic carbocycles. The Balaban J connectivity index is 1.36. The van der Waals surface area contributed by atoms with Gasteiger partial charge in [0, 0.05) is 10.8 Å². The first-order valence-corrected chi connectivity index (χ1v) is 21.5. The number of para-hydroxylation sites is 3. The Bertz CT molecular complexity index is 2560. The number of hydrogen-bond acceptors (Lipinski definition) is 2. The summed E-state index contributed by atoms with van der Waals surface area (Å²) in [4.78, 5) is 5.33. The fourth-order valence-electron chi connectivity index (χ4n) is 7.51. The summed E-state index contributed by atoms with van der Waals surface area (Å²) in [6.07, 6.45) is 0. The van der Waals surface area contributed by atoms with Crippen LogP contribution in [0.5, 0.6) is 0 Å². The van der Waals surface area contributed by atoms with E-state index in [1.54, 1.807) is 6.07 Å². The highest BCUT2D eigenvalue weighted by Gasteiger charge is 2.26. The average molecular weight is 687 g/mol. The molecule has 0 aliphatic carbocycles. The molecule has 5 heteroatoms. The van der Waals surface area contributed by atoms with E-state index in [0.717, 1.165) is 60.7 Å². The van der Waals surface area contributed by atoms with Crippen LogP contribution < -0.4 is 5.19 Å². The van der Waals surface area contributed by atoms with Crippen molar-refractivity contribution in [3.63, 3.8) is 0 Å². The maximum atomic E-state index is 15.3. The van der Waals surface area contributed by atoms with Crippen LogP contribution in [0.3, 0.4) is 0 Å². The Labute approximate surface area is 300 Å². The molecule has 254 valence electrons. The van der Waals surface area contributed by atoms with Gasteiger partial charge in [-0.15, -0.1) is 0 Å². The van der Waals surface area contributed by atoms with Crippen LogP contribution in [0.1, 0.15) is 50.7 Å². The summed E-state index contributed by atoms with van der Waals surface area (Å²) >= 11 is 0. The zero-order chi connectivity index (χ0) is 35.6. The number of rotatable bonds is 7. The normalized spacial score (nSPS) is 12.3. The van der Waals surface area contributed by atoms with E-state index in [0.29, 0.717) is 0 Å². The standard InChI is InChI=1S/C46H43FN2OSi/c1-28(2)37-24-33(30-14-9-8-10-15-30)25-38(29(3)4)44(37)49-41-19-12-11-18-40(41)48-46(49)36-17-13-16-35-34-22-20-32(27-42(34)50-45(35)36)31-21-23-43(39(47)26-31)51(5,6)7/h8-29H,1-7H3. The van der Waals surface area contributed by atoms with Crippen LogP contribution in [-0.2, 0) is 0 Å². The van der Waals surface area contributed by atoms with Crippen LogP contribution in [0.25, 0.3) is 72.3 Å². The van der Waals surface area contributed by atoms with Crippen molar-refractivity contribution in [3.8, 4) is 39.3 Å². The second-order valence-corrected chi connectivity index (χ2v) is 20.4. The molecule has 0 atom stereocenters. The minimum atomic E-state index is -1.79. The lowest BCUT2D eigenvalue weighted by Crippen LogP contribution is -2.39. The minimum Gasteiger partial charge on any atom is -0.455 e. The topological polar surface area (TPSA) is 31.0 Å². The molecule has 8 rings (SSSR count). The number of imidazole rings is 1. The average Bonchev–Trinajstić information content (AvgIpc) is 3.69. The summed E-state index contributed by atoms with van der Waals surface area (Å²) in [6.45, 7) is 15.6. The molecule has 0 aliphatic rings. The van der Waals surface area contributed by atoms with Crippen molar-refractivity contribution in [2.24, 2.45) is 0 Å². The lowest BCUT2D eigenvalue weighted by atomic mass is 9.88. The van der Waals surface area contributed by atoms with Crippen molar-refractivity contribution in [1.29, 1.82) is 0 Å². The van der Waals surface area contributed by atoms with Crippen LogP contribution in [0, 0.1) is 5.82 Å². The molecular formula is C46H43FN2OSi. The Hall–Kier alpha value is -5.26. The molecule has 3 nitrogen and oxygen atoms in total. The van der Waals surface area contributed by atoms with Crippen LogP contribution in [0.15, 0.2) is 126 Å². The van der Waals surface area contributed by atoms with Crippen LogP contribution >= 0.6 is 0 Å². The Morgan fingerprint density at radius 2 is 1.29 bits per heavy atom. The molecule has 0 N–H and O–H groups in total. The van der Waals surface area contributed by atoms with E-state index >= 15 is 4.39 Å². The van der Waals surface area contributed by atoms with Gasteiger partial charge in [0.2, 0.25) is 0 Å². The van der Waals surface area contributed by atoms with Gasteiger partial charge in [-0.3, -0.25) is 4.57 Å². The third kappa shape index (κ3) is 5.70. The van der Waals surface area contributed by atoms with Gasteiger partial charge in [-0.1, -0.05) is 120 Å². The highest BCUT2D eigenvalue weighted by atomic mass is 28.3. The Kier molecular flexibility index (Phi) is 8.07. The van der Waals surface area contributed by atoms with E-state index in [2.05, 4.69) is 149 Å². The Morgan fingerprint density at radius 3 is 1.98 bits per heavy atom. The number of furan rings is 1. The summed E-state index contributed by atoms with van der Waals surface area (Å²) in [7, 11) is -1.79. The number of fused-ring (bicyclic) bond motifs is 4. The summed E-state index contributed by atoms with van der Waals surface area (Å²) in [5, 5.41) is 2.90. The van der Waals surface area contributed by atoms with Gasteiger partial charge >= 0.3 is 0 Å². The van der Waals surface area contributed by atoms with E-state index in [1.165, 1.54) is 27.9 Å². The lowest BCUT2D eigenvalue weighted by molar-refractivity contribution is 0.635. The fraction of sp³-hybridized carbons (Fsp3) is 0.196. The van der Waals surface area contributed by atoms with Crippen LogP contribution in [-0.4, -0.2) is 17.6 Å². The SMILES string of the molecule is CC(C)c1cc(-c2ccccc2)cc(C(C)C)c1-n1c(-c2cccc3c2oc2cc(-c4ccc([Si](C)(C)C)c(F)c4)ccc23)nc2ccccc21. The molecule has 2 heterocycles. The summed E-state index contributed by atoms with van der Waals surface area (Å²) < 4.78 is 24.4. The quantitative estimate of drug-likeness (QED) is 0.156. The van der Waals surface area contributed by atoms with Crippen molar-refractivity contribution in [2.45, 2.75) is 59.2 Å². The second kappa shape index (κ2) is 12.5. The van der Waals surface area contributed by atoms with Crippen molar-refractivity contribution in [1.82, 2.24) is 9.55 Å². The molecule has 8 aromatic rings. The molecule has 0 fully saturated rings. The maximum absolute atomic E-state index is 15.3. The molecule has 0 radical (unpaired) electrons. The van der Waals surface area contributed by atoms with E-state index in [-0.39, 0.29) is 17.7 Å². The largest absolute Gasteiger partial charge is 0.455 e. The van der Waals surface area contributed by atoms with Crippen molar-refractivity contribution in [2.75, 3.05) is 0 Å². The van der Waals surface area contributed by atoms with Gasteiger partial charge in [-0.05, 0) is 98.9 Å². The predicted molar refractivity (Wildman–Crippen MR) is 216 cm³/mol. The molecule has 0 unspecified atom stereocenters. The Morgan fingerprint density at radius 1 is 0.627 bits per heavy atom. The van der Waals surface area contributed by atoms with Crippen molar-refractivity contribution < 1.29 is 8.81 Å². The number of halogens is 1. The van der Waals surface area contributed by atoms with Gasteiger partial charge in [0.1, 0.15) is 22.8 Å². The highest BCUT2D eigenvalue weighted by molar-refractivity contribution is 6.88. The molecule has 0 saturated carbocycles. The van der Waals surface area contributed by atoms with E-state index < -0.39 is 8.07 Å². The molecule has 51 heavy (non-hydrogen) atoms. The van der Waals surface area contributed by atoms with E-state index in [4.69, 9.17) is 9.40 Å². The van der Waals surface area contributed by atoms with E-state index in [1.807, 2.05) is 18.2 Å². The highest BCUT2D eigenvalue weighted by Crippen LogP contribution is 2.43. The third-order valence-corrected chi connectivity index (χ3v) is 12.2. The molecular weight excluding hydrogens is 644 g/mol. The molecule has 0 aliphatic heterocycles. The monoisotopic (exact) mass is 686 g/mol. The molecule has 0 bridgehead atoms. The predicted octanol–water partition coefficient (Wildman–Crippen LogP) is 12.9. The smallest absolute Gasteiger partial charge is 0.149 e.